The van der Waals surface area contributed by atoms with Gasteiger partial charge in [-0.3, -0.25) is 9.59 Å². The van der Waals surface area contributed by atoms with E-state index in [4.69, 9.17) is 16.3 Å². The Morgan fingerprint density at radius 2 is 1.83 bits per heavy atom. The molecule has 0 heterocycles. The fourth-order valence-electron chi connectivity index (χ4n) is 2.08. The van der Waals surface area contributed by atoms with E-state index in [-0.39, 0.29) is 11.8 Å². The van der Waals surface area contributed by atoms with Crippen LogP contribution in [0.3, 0.4) is 0 Å². The SMILES string of the molecule is COc1ccc(NC(C)=O)cc1C(=O)Nc1cc(Cl)ccc1C. The first-order valence-corrected chi connectivity index (χ1v) is 7.31. The Labute approximate surface area is 139 Å². The van der Waals surface area contributed by atoms with Gasteiger partial charge in [0.25, 0.3) is 5.91 Å². The lowest BCUT2D eigenvalue weighted by molar-refractivity contribution is -0.114. The maximum absolute atomic E-state index is 12.5. The fraction of sp³-hybridized carbons (Fsp3) is 0.176. The molecule has 0 unspecified atom stereocenters. The maximum atomic E-state index is 12.5. The van der Waals surface area contributed by atoms with Crippen molar-refractivity contribution in [3.8, 4) is 5.75 Å². The number of aryl methyl sites for hydroxylation is 1. The van der Waals surface area contributed by atoms with Crippen LogP contribution in [0.25, 0.3) is 0 Å². The second kappa shape index (κ2) is 7.15. The van der Waals surface area contributed by atoms with Gasteiger partial charge in [-0.05, 0) is 42.8 Å². The summed E-state index contributed by atoms with van der Waals surface area (Å²) in [5.74, 6) is -0.150. The van der Waals surface area contributed by atoms with Gasteiger partial charge in [0.05, 0.1) is 12.7 Å². The number of anilines is 2. The zero-order valence-electron chi connectivity index (χ0n) is 13.1. The standard InChI is InChI=1S/C17H17ClN2O3/c1-10-4-5-12(18)8-15(10)20-17(22)14-9-13(19-11(2)21)6-7-16(14)23-3/h4-9H,1-3H3,(H,19,21)(H,20,22). The zero-order chi connectivity index (χ0) is 17.0. The van der Waals surface area contributed by atoms with Gasteiger partial charge < -0.3 is 15.4 Å². The highest BCUT2D eigenvalue weighted by atomic mass is 35.5. The Balaban J connectivity index is 2.33. The van der Waals surface area contributed by atoms with Crippen LogP contribution in [-0.2, 0) is 4.79 Å². The van der Waals surface area contributed by atoms with Crippen LogP contribution >= 0.6 is 11.6 Å². The minimum absolute atomic E-state index is 0.216. The molecule has 0 atom stereocenters. The Kier molecular flexibility index (Phi) is 5.24. The van der Waals surface area contributed by atoms with E-state index in [1.807, 2.05) is 13.0 Å². The van der Waals surface area contributed by atoms with Gasteiger partial charge in [0, 0.05) is 23.3 Å². The van der Waals surface area contributed by atoms with E-state index in [0.717, 1.165) is 5.56 Å². The number of ether oxygens (including phenoxy) is 1. The number of hydrogen-bond acceptors (Lipinski definition) is 3. The van der Waals surface area contributed by atoms with Crippen LogP contribution in [0, 0.1) is 6.92 Å². The first-order chi connectivity index (χ1) is 10.9. The molecule has 5 nitrogen and oxygen atoms in total. The summed E-state index contributed by atoms with van der Waals surface area (Å²) in [6.07, 6.45) is 0. The summed E-state index contributed by atoms with van der Waals surface area (Å²) in [6.45, 7) is 3.27. The van der Waals surface area contributed by atoms with Crippen LogP contribution in [0.4, 0.5) is 11.4 Å². The molecule has 0 spiro atoms. The summed E-state index contributed by atoms with van der Waals surface area (Å²) in [6, 6.07) is 10.1. The molecule has 0 radical (unpaired) electrons. The predicted octanol–water partition coefficient (Wildman–Crippen LogP) is 3.87. The largest absolute Gasteiger partial charge is 0.496 e. The van der Waals surface area contributed by atoms with Crippen molar-refractivity contribution in [3.63, 3.8) is 0 Å². The minimum atomic E-state index is -0.348. The third kappa shape index (κ3) is 4.23. The number of carbonyl (C=O) groups is 2. The van der Waals surface area contributed by atoms with Crippen molar-refractivity contribution in [2.24, 2.45) is 0 Å². The third-order valence-corrected chi connectivity index (χ3v) is 3.45. The molecule has 23 heavy (non-hydrogen) atoms. The minimum Gasteiger partial charge on any atom is -0.496 e. The van der Waals surface area contributed by atoms with Crippen molar-refractivity contribution in [2.45, 2.75) is 13.8 Å². The molecule has 120 valence electrons. The van der Waals surface area contributed by atoms with Crippen molar-refractivity contribution >= 4 is 34.8 Å². The highest BCUT2D eigenvalue weighted by molar-refractivity contribution is 6.31. The number of amides is 2. The zero-order valence-corrected chi connectivity index (χ0v) is 13.8. The molecule has 0 bridgehead atoms. The molecule has 2 rings (SSSR count). The molecule has 0 aliphatic rings. The van der Waals surface area contributed by atoms with Crippen molar-refractivity contribution in [1.29, 1.82) is 0 Å². The molecule has 0 aliphatic carbocycles. The monoisotopic (exact) mass is 332 g/mol. The van der Waals surface area contributed by atoms with Crippen LogP contribution in [0.1, 0.15) is 22.8 Å². The summed E-state index contributed by atoms with van der Waals surface area (Å²) in [5.41, 5.74) is 2.35. The molecule has 0 saturated carbocycles. The summed E-state index contributed by atoms with van der Waals surface area (Å²) in [5, 5.41) is 5.98. The third-order valence-electron chi connectivity index (χ3n) is 3.21. The first kappa shape index (κ1) is 16.8. The van der Waals surface area contributed by atoms with E-state index in [2.05, 4.69) is 10.6 Å². The van der Waals surface area contributed by atoms with Gasteiger partial charge in [-0.1, -0.05) is 17.7 Å². The molecule has 0 saturated heterocycles. The van der Waals surface area contributed by atoms with Gasteiger partial charge in [0.2, 0.25) is 5.91 Å². The summed E-state index contributed by atoms with van der Waals surface area (Å²) >= 11 is 5.96. The van der Waals surface area contributed by atoms with E-state index in [1.165, 1.54) is 14.0 Å². The van der Waals surface area contributed by atoms with Crippen LogP contribution in [-0.4, -0.2) is 18.9 Å². The van der Waals surface area contributed by atoms with Crippen molar-refractivity contribution < 1.29 is 14.3 Å². The van der Waals surface area contributed by atoms with E-state index in [0.29, 0.717) is 27.7 Å². The first-order valence-electron chi connectivity index (χ1n) is 6.94. The highest BCUT2D eigenvalue weighted by Crippen LogP contribution is 2.26. The lowest BCUT2D eigenvalue weighted by Gasteiger charge is -2.13. The van der Waals surface area contributed by atoms with Crippen molar-refractivity contribution in [3.05, 3.63) is 52.5 Å². The van der Waals surface area contributed by atoms with Gasteiger partial charge >= 0.3 is 0 Å². The molecule has 2 aromatic carbocycles. The van der Waals surface area contributed by atoms with Crippen molar-refractivity contribution in [1.82, 2.24) is 0 Å². The smallest absolute Gasteiger partial charge is 0.259 e. The Bertz CT molecular complexity index is 759. The quantitative estimate of drug-likeness (QED) is 0.893. The number of rotatable bonds is 4. The molecule has 0 aromatic heterocycles. The second-order valence-electron chi connectivity index (χ2n) is 5.01. The lowest BCUT2D eigenvalue weighted by Crippen LogP contribution is -2.15. The van der Waals surface area contributed by atoms with Gasteiger partial charge in [-0.25, -0.2) is 0 Å². The molecule has 0 aliphatic heterocycles. The van der Waals surface area contributed by atoms with E-state index < -0.39 is 0 Å². The summed E-state index contributed by atoms with van der Waals surface area (Å²) < 4.78 is 5.22. The van der Waals surface area contributed by atoms with E-state index in [9.17, 15) is 9.59 Å². The topological polar surface area (TPSA) is 67.4 Å². The number of methoxy groups -OCH3 is 1. The molecule has 0 fully saturated rings. The predicted molar refractivity (Wildman–Crippen MR) is 91.4 cm³/mol. The molecular formula is C17H17ClN2O3. The second-order valence-corrected chi connectivity index (χ2v) is 5.45. The van der Waals surface area contributed by atoms with Gasteiger partial charge in [-0.2, -0.15) is 0 Å². The van der Waals surface area contributed by atoms with Gasteiger partial charge in [0.1, 0.15) is 5.75 Å². The maximum Gasteiger partial charge on any atom is 0.259 e. The van der Waals surface area contributed by atoms with Gasteiger partial charge in [0.15, 0.2) is 0 Å². The average molecular weight is 333 g/mol. The average Bonchev–Trinajstić information content (AvgIpc) is 2.50. The number of nitrogens with one attached hydrogen (secondary N) is 2. The normalized spacial score (nSPS) is 10.1. The van der Waals surface area contributed by atoms with E-state index in [1.54, 1.807) is 30.3 Å². The summed E-state index contributed by atoms with van der Waals surface area (Å²) in [7, 11) is 1.48. The van der Waals surface area contributed by atoms with Gasteiger partial charge in [-0.15, -0.1) is 0 Å². The molecular weight excluding hydrogens is 316 g/mol. The fourth-order valence-corrected chi connectivity index (χ4v) is 2.26. The Hall–Kier alpha value is -2.53. The molecule has 2 N–H and O–H groups in total. The lowest BCUT2D eigenvalue weighted by atomic mass is 10.1. The number of carbonyl (C=O) groups excluding carboxylic acids is 2. The van der Waals surface area contributed by atoms with Crippen LogP contribution in [0.15, 0.2) is 36.4 Å². The number of halogens is 1. The molecule has 2 aromatic rings. The molecule has 6 heteroatoms. The van der Waals surface area contributed by atoms with E-state index >= 15 is 0 Å². The summed E-state index contributed by atoms with van der Waals surface area (Å²) in [4.78, 5) is 23.7. The molecule has 2 amide bonds. The highest BCUT2D eigenvalue weighted by Gasteiger charge is 2.15. The Morgan fingerprint density at radius 1 is 1.09 bits per heavy atom. The van der Waals surface area contributed by atoms with Crippen LogP contribution < -0.4 is 15.4 Å². The van der Waals surface area contributed by atoms with Crippen LogP contribution in [0.2, 0.25) is 5.02 Å². The van der Waals surface area contributed by atoms with Crippen LogP contribution in [0.5, 0.6) is 5.75 Å². The van der Waals surface area contributed by atoms with Crippen molar-refractivity contribution in [2.75, 3.05) is 17.7 Å². The Morgan fingerprint density at radius 3 is 2.48 bits per heavy atom. The number of hydrogen-bond donors (Lipinski definition) is 2. The number of benzene rings is 2.